The Morgan fingerprint density at radius 1 is 1.25 bits per heavy atom. The summed E-state index contributed by atoms with van der Waals surface area (Å²) in [5.74, 6) is 2.75. The number of hydrogen-bond acceptors (Lipinski definition) is 2. The van der Waals surface area contributed by atoms with Crippen LogP contribution in [-0.2, 0) is 4.79 Å². The van der Waals surface area contributed by atoms with Gasteiger partial charge in [0.1, 0.15) is 0 Å². The van der Waals surface area contributed by atoms with Gasteiger partial charge in [-0.1, -0.05) is 33.1 Å². The predicted molar refractivity (Wildman–Crippen MR) is 88.1 cm³/mol. The third kappa shape index (κ3) is 3.93. The molecule has 20 heavy (non-hydrogen) atoms. The molecule has 1 saturated carbocycles. The molecule has 1 heterocycles. The Balaban J connectivity index is 1.98. The Labute approximate surface area is 130 Å². The van der Waals surface area contributed by atoms with Crippen molar-refractivity contribution >= 4 is 18.5 Å². The molecule has 1 aliphatic heterocycles. The number of thiol groups is 1. The minimum Gasteiger partial charge on any atom is -0.342 e. The number of carbonyl (C=O) groups is 1. The molecule has 1 amide bonds. The van der Waals surface area contributed by atoms with Crippen molar-refractivity contribution in [1.82, 2.24) is 4.90 Å². The van der Waals surface area contributed by atoms with Crippen molar-refractivity contribution in [2.75, 3.05) is 18.8 Å². The first-order chi connectivity index (χ1) is 9.56. The second kappa shape index (κ2) is 7.20. The fourth-order valence-electron chi connectivity index (χ4n) is 3.96. The van der Waals surface area contributed by atoms with Gasteiger partial charge in [-0.05, 0) is 48.7 Å². The molecule has 0 aromatic carbocycles. The molecule has 116 valence electrons. The van der Waals surface area contributed by atoms with Gasteiger partial charge in [0.2, 0.25) is 5.91 Å². The van der Waals surface area contributed by atoms with Crippen molar-refractivity contribution in [1.29, 1.82) is 0 Å². The molecule has 2 rings (SSSR count). The van der Waals surface area contributed by atoms with Crippen LogP contribution in [0.2, 0.25) is 0 Å². The maximum Gasteiger partial charge on any atom is 0.222 e. The average Bonchev–Trinajstić information content (AvgIpc) is 2.63. The van der Waals surface area contributed by atoms with Crippen LogP contribution in [0.4, 0.5) is 0 Å². The normalized spacial score (nSPS) is 27.7. The number of hydrogen-bond donors (Lipinski definition) is 1. The zero-order valence-corrected chi connectivity index (χ0v) is 14.1. The van der Waals surface area contributed by atoms with Crippen LogP contribution in [-0.4, -0.2) is 29.6 Å². The highest BCUT2D eigenvalue weighted by atomic mass is 32.1. The molecule has 1 unspecified atom stereocenters. The van der Waals surface area contributed by atoms with Gasteiger partial charge in [0.25, 0.3) is 0 Å². The zero-order chi connectivity index (χ0) is 14.6. The topological polar surface area (TPSA) is 20.3 Å². The monoisotopic (exact) mass is 297 g/mol. The third-order valence-electron chi connectivity index (χ3n) is 5.57. The van der Waals surface area contributed by atoms with E-state index in [4.69, 9.17) is 0 Å². The fraction of sp³-hybridized carbons (Fsp3) is 0.941. The summed E-state index contributed by atoms with van der Waals surface area (Å²) < 4.78 is 0. The van der Waals surface area contributed by atoms with E-state index in [2.05, 4.69) is 31.4 Å². The van der Waals surface area contributed by atoms with E-state index in [1.54, 1.807) is 0 Å². The Bertz CT molecular complexity index is 323. The van der Waals surface area contributed by atoms with Crippen molar-refractivity contribution in [2.45, 2.75) is 65.2 Å². The van der Waals surface area contributed by atoms with Crippen LogP contribution in [0.1, 0.15) is 65.2 Å². The molecule has 0 radical (unpaired) electrons. The minimum atomic E-state index is 0.300. The van der Waals surface area contributed by atoms with Crippen molar-refractivity contribution in [2.24, 2.45) is 17.3 Å². The summed E-state index contributed by atoms with van der Waals surface area (Å²) in [6.07, 6.45) is 9.54. The lowest BCUT2D eigenvalue weighted by molar-refractivity contribution is -0.132. The lowest BCUT2D eigenvalue weighted by atomic mass is 9.75. The molecule has 1 atom stereocenters. The first-order valence-corrected chi connectivity index (χ1v) is 9.08. The molecule has 0 aromatic heterocycles. The van der Waals surface area contributed by atoms with Crippen LogP contribution in [0.25, 0.3) is 0 Å². The molecular formula is C17H31NOS. The molecule has 0 aromatic rings. The smallest absolute Gasteiger partial charge is 0.222 e. The molecule has 0 spiro atoms. The second-order valence-electron chi connectivity index (χ2n) is 7.37. The minimum absolute atomic E-state index is 0.300. The number of amides is 1. The molecule has 1 aliphatic carbocycles. The van der Waals surface area contributed by atoms with Gasteiger partial charge < -0.3 is 4.90 Å². The van der Waals surface area contributed by atoms with Gasteiger partial charge in [0, 0.05) is 19.5 Å². The van der Waals surface area contributed by atoms with Crippen LogP contribution in [0.5, 0.6) is 0 Å². The van der Waals surface area contributed by atoms with Crippen LogP contribution in [0.15, 0.2) is 0 Å². The van der Waals surface area contributed by atoms with Gasteiger partial charge in [0.05, 0.1) is 0 Å². The SMILES string of the molecule is CC(C)C1CCC(=O)N(CC2(CS)CCCCC2)CC1. The van der Waals surface area contributed by atoms with Crippen molar-refractivity contribution in [3.8, 4) is 0 Å². The van der Waals surface area contributed by atoms with Crippen LogP contribution < -0.4 is 0 Å². The van der Waals surface area contributed by atoms with E-state index >= 15 is 0 Å². The summed E-state index contributed by atoms with van der Waals surface area (Å²) >= 11 is 4.62. The zero-order valence-electron chi connectivity index (χ0n) is 13.2. The Morgan fingerprint density at radius 2 is 1.95 bits per heavy atom. The second-order valence-corrected chi connectivity index (χ2v) is 7.68. The van der Waals surface area contributed by atoms with Crippen molar-refractivity contribution in [3.63, 3.8) is 0 Å². The third-order valence-corrected chi connectivity index (χ3v) is 6.24. The number of nitrogens with zero attached hydrogens (tertiary/aromatic N) is 1. The first kappa shape index (κ1) is 16.2. The average molecular weight is 298 g/mol. The summed E-state index contributed by atoms with van der Waals surface area (Å²) in [4.78, 5) is 14.6. The van der Waals surface area contributed by atoms with E-state index in [1.165, 1.54) is 38.5 Å². The quantitative estimate of drug-likeness (QED) is 0.773. The lowest BCUT2D eigenvalue weighted by Gasteiger charge is -2.40. The number of carbonyl (C=O) groups excluding carboxylic acids is 1. The maximum absolute atomic E-state index is 12.4. The van der Waals surface area contributed by atoms with Crippen LogP contribution >= 0.6 is 12.6 Å². The van der Waals surface area contributed by atoms with E-state index in [9.17, 15) is 4.79 Å². The van der Waals surface area contributed by atoms with E-state index in [1.807, 2.05) is 0 Å². The Hall–Kier alpha value is -0.180. The molecule has 0 bridgehead atoms. The van der Waals surface area contributed by atoms with Gasteiger partial charge in [-0.3, -0.25) is 4.79 Å². The van der Waals surface area contributed by atoms with Crippen molar-refractivity contribution in [3.05, 3.63) is 0 Å². The van der Waals surface area contributed by atoms with E-state index in [0.717, 1.165) is 37.6 Å². The predicted octanol–water partition coefficient (Wildman–Crippen LogP) is 4.15. The highest BCUT2D eigenvalue weighted by Gasteiger charge is 2.35. The molecule has 1 saturated heterocycles. The molecule has 2 aliphatic rings. The summed E-state index contributed by atoms with van der Waals surface area (Å²) in [6, 6.07) is 0. The highest BCUT2D eigenvalue weighted by molar-refractivity contribution is 7.80. The highest BCUT2D eigenvalue weighted by Crippen LogP contribution is 2.39. The first-order valence-electron chi connectivity index (χ1n) is 8.45. The van der Waals surface area contributed by atoms with E-state index in [-0.39, 0.29) is 0 Å². The van der Waals surface area contributed by atoms with Gasteiger partial charge >= 0.3 is 0 Å². The molecule has 2 nitrogen and oxygen atoms in total. The Kier molecular flexibility index (Phi) is 5.83. The van der Waals surface area contributed by atoms with E-state index < -0.39 is 0 Å². The molecule has 3 heteroatoms. The van der Waals surface area contributed by atoms with Gasteiger partial charge in [0.15, 0.2) is 0 Å². The number of likely N-dealkylation sites (tertiary alicyclic amines) is 1. The maximum atomic E-state index is 12.4. The molecule has 0 N–H and O–H groups in total. The lowest BCUT2D eigenvalue weighted by Crippen LogP contribution is -2.43. The van der Waals surface area contributed by atoms with Gasteiger partial charge in [-0.2, -0.15) is 12.6 Å². The van der Waals surface area contributed by atoms with Gasteiger partial charge in [-0.25, -0.2) is 0 Å². The van der Waals surface area contributed by atoms with Crippen LogP contribution in [0.3, 0.4) is 0 Å². The summed E-state index contributed by atoms with van der Waals surface area (Å²) in [7, 11) is 0. The number of rotatable bonds is 4. The molecule has 2 fully saturated rings. The van der Waals surface area contributed by atoms with Crippen molar-refractivity contribution < 1.29 is 4.79 Å². The molecular weight excluding hydrogens is 266 g/mol. The summed E-state index contributed by atoms with van der Waals surface area (Å²) in [5, 5.41) is 0. The van der Waals surface area contributed by atoms with Gasteiger partial charge in [-0.15, -0.1) is 0 Å². The van der Waals surface area contributed by atoms with E-state index in [0.29, 0.717) is 17.2 Å². The Morgan fingerprint density at radius 3 is 2.55 bits per heavy atom. The summed E-state index contributed by atoms with van der Waals surface area (Å²) in [6.45, 7) is 6.51. The standard InChI is InChI=1S/C17H31NOS/c1-14(2)15-6-7-16(19)18(11-8-15)12-17(13-20)9-4-3-5-10-17/h14-15,20H,3-13H2,1-2H3. The van der Waals surface area contributed by atoms with Crippen LogP contribution in [0, 0.1) is 17.3 Å². The largest absolute Gasteiger partial charge is 0.342 e. The fourth-order valence-corrected chi connectivity index (χ4v) is 4.38. The summed E-state index contributed by atoms with van der Waals surface area (Å²) in [5.41, 5.74) is 0.300.